The van der Waals surface area contributed by atoms with Crippen LogP contribution < -0.4 is 10.6 Å². The van der Waals surface area contributed by atoms with E-state index in [2.05, 4.69) is 22.0 Å². The average Bonchev–Trinajstić information content (AvgIpc) is 2.87. The van der Waals surface area contributed by atoms with Crippen molar-refractivity contribution in [3.8, 4) is 0 Å². The highest BCUT2D eigenvalue weighted by molar-refractivity contribution is 5.42. The van der Waals surface area contributed by atoms with E-state index in [-0.39, 0.29) is 6.04 Å². The second-order valence-corrected chi connectivity index (χ2v) is 6.30. The summed E-state index contributed by atoms with van der Waals surface area (Å²) in [5.74, 6) is 2.09. The highest BCUT2D eigenvalue weighted by atomic mass is 15.2. The molecule has 2 N–H and O–H groups in total. The van der Waals surface area contributed by atoms with Crippen LogP contribution >= 0.6 is 0 Å². The summed E-state index contributed by atoms with van der Waals surface area (Å²) in [5.41, 5.74) is 7.09. The van der Waals surface area contributed by atoms with Gasteiger partial charge in [-0.3, -0.25) is 0 Å². The van der Waals surface area contributed by atoms with E-state index in [1.807, 2.05) is 13.1 Å². The topological polar surface area (TPSA) is 42.1 Å². The largest absolute Gasteiger partial charge is 0.353 e. The van der Waals surface area contributed by atoms with Gasteiger partial charge in [-0.15, -0.1) is 0 Å². The summed E-state index contributed by atoms with van der Waals surface area (Å²) in [7, 11) is 0. The standard InChI is InChI=1S/C16H25N3/c1-12(17)10-13-7-8-16(18-11-13)19-9-3-5-14-4-2-6-15(14)19/h7-8,11-12,14-15H,2-6,9-10,17H2,1H3. The molecule has 3 atom stereocenters. The molecule has 3 nitrogen and oxygen atoms in total. The Kier molecular flexibility index (Phi) is 3.74. The molecule has 19 heavy (non-hydrogen) atoms. The molecule has 0 bridgehead atoms. The summed E-state index contributed by atoms with van der Waals surface area (Å²) in [6.45, 7) is 3.22. The fraction of sp³-hybridized carbons (Fsp3) is 0.688. The van der Waals surface area contributed by atoms with Gasteiger partial charge in [-0.25, -0.2) is 4.98 Å². The zero-order chi connectivity index (χ0) is 13.2. The van der Waals surface area contributed by atoms with Gasteiger partial charge in [0.15, 0.2) is 0 Å². The van der Waals surface area contributed by atoms with Crippen LogP contribution in [0.4, 0.5) is 5.82 Å². The molecule has 1 aromatic rings. The van der Waals surface area contributed by atoms with Crippen molar-refractivity contribution in [1.82, 2.24) is 4.98 Å². The average molecular weight is 259 g/mol. The third-order valence-electron chi connectivity index (χ3n) is 4.65. The smallest absolute Gasteiger partial charge is 0.128 e. The van der Waals surface area contributed by atoms with Crippen LogP contribution in [0.15, 0.2) is 18.3 Å². The monoisotopic (exact) mass is 259 g/mol. The molecule has 3 unspecified atom stereocenters. The minimum Gasteiger partial charge on any atom is -0.353 e. The van der Waals surface area contributed by atoms with Crippen LogP contribution in [-0.2, 0) is 6.42 Å². The molecule has 0 spiro atoms. The lowest BCUT2D eigenvalue weighted by atomic mass is 9.92. The molecule has 0 amide bonds. The SMILES string of the molecule is CC(N)Cc1ccc(N2CCCC3CCCC32)nc1. The Labute approximate surface area is 116 Å². The molecule has 2 aliphatic rings. The summed E-state index contributed by atoms with van der Waals surface area (Å²) >= 11 is 0. The molecular weight excluding hydrogens is 234 g/mol. The van der Waals surface area contributed by atoms with E-state index in [1.165, 1.54) is 50.0 Å². The van der Waals surface area contributed by atoms with Gasteiger partial charge in [-0.2, -0.15) is 0 Å². The van der Waals surface area contributed by atoms with Crippen LogP contribution in [0.2, 0.25) is 0 Å². The van der Waals surface area contributed by atoms with Crippen molar-refractivity contribution in [3.05, 3.63) is 23.9 Å². The van der Waals surface area contributed by atoms with Crippen molar-refractivity contribution < 1.29 is 0 Å². The number of anilines is 1. The number of hydrogen-bond acceptors (Lipinski definition) is 3. The van der Waals surface area contributed by atoms with Gasteiger partial charge in [-0.1, -0.05) is 12.5 Å². The van der Waals surface area contributed by atoms with Crippen LogP contribution in [0.1, 0.15) is 44.6 Å². The maximum atomic E-state index is 5.84. The van der Waals surface area contributed by atoms with Gasteiger partial charge in [0.05, 0.1) is 0 Å². The predicted octanol–water partition coefficient (Wildman–Crippen LogP) is 2.74. The third kappa shape index (κ3) is 2.76. The van der Waals surface area contributed by atoms with Crippen molar-refractivity contribution in [2.45, 2.75) is 57.5 Å². The molecule has 3 rings (SSSR count). The molecule has 3 heteroatoms. The number of nitrogens with zero attached hydrogens (tertiary/aromatic N) is 2. The first-order valence-electron chi connectivity index (χ1n) is 7.71. The second-order valence-electron chi connectivity index (χ2n) is 6.30. The summed E-state index contributed by atoms with van der Waals surface area (Å²) in [4.78, 5) is 7.24. The molecule has 0 aromatic carbocycles. The van der Waals surface area contributed by atoms with E-state index < -0.39 is 0 Å². The second kappa shape index (κ2) is 5.49. The Morgan fingerprint density at radius 1 is 1.32 bits per heavy atom. The van der Waals surface area contributed by atoms with Crippen LogP contribution in [0, 0.1) is 5.92 Å². The highest BCUT2D eigenvalue weighted by Crippen LogP contribution is 2.38. The fourth-order valence-electron chi connectivity index (χ4n) is 3.82. The first kappa shape index (κ1) is 12.9. The van der Waals surface area contributed by atoms with Crippen LogP contribution in [0.5, 0.6) is 0 Å². The van der Waals surface area contributed by atoms with Gasteiger partial charge < -0.3 is 10.6 Å². The maximum Gasteiger partial charge on any atom is 0.128 e. The molecule has 1 aromatic heterocycles. The van der Waals surface area contributed by atoms with E-state index in [1.54, 1.807) is 0 Å². The zero-order valence-electron chi connectivity index (χ0n) is 11.9. The van der Waals surface area contributed by atoms with Gasteiger partial charge in [0, 0.05) is 24.8 Å². The summed E-state index contributed by atoms with van der Waals surface area (Å²) < 4.78 is 0. The lowest BCUT2D eigenvalue weighted by molar-refractivity contribution is 0.360. The number of nitrogens with two attached hydrogens (primary N) is 1. The lowest BCUT2D eigenvalue weighted by Crippen LogP contribution is -2.43. The number of pyridine rings is 1. The van der Waals surface area contributed by atoms with Gasteiger partial charge in [-0.05, 0) is 56.6 Å². The first-order valence-corrected chi connectivity index (χ1v) is 7.71. The highest BCUT2D eigenvalue weighted by Gasteiger charge is 2.35. The van der Waals surface area contributed by atoms with Gasteiger partial charge in [0.1, 0.15) is 5.82 Å². The van der Waals surface area contributed by atoms with Gasteiger partial charge in [0.25, 0.3) is 0 Å². The van der Waals surface area contributed by atoms with Gasteiger partial charge in [0.2, 0.25) is 0 Å². The van der Waals surface area contributed by atoms with E-state index in [4.69, 9.17) is 5.73 Å². The maximum absolute atomic E-state index is 5.84. The molecule has 2 fully saturated rings. The van der Waals surface area contributed by atoms with Crippen molar-refractivity contribution in [2.75, 3.05) is 11.4 Å². The minimum atomic E-state index is 0.210. The molecule has 1 aliphatic heterocycles. The quantitative estimate of drug-likeness (QED) is 0.907. The van der Waals surface area contributed by atoms with Crippen LogP contribution in [-0.4, -0.2) is 23.6 Å². The zero-order valence-corrected chi connectivity index (χ0v) is 11.9. The Morgan fingerprint density at radius 2 is 2.16 bits per heavy atom. The van der Waals surface area contributed by atoms with E-state index in [9.17, 15) is 0 Å². The minimum absolute atomic E-state index is 0.210. The van der Waals surface area contributed by atoms with Crippen LogP contribution in [0.3, 0.4) is 0 Å². The summed E-state index contributed by atoms with van der Waals surface area (Å²) in [6, 6.07) is 5.35. The Morgan fingerprint density at radius 3 is 2.89 bits per heavy atom. The summed E-state index contributed by atoms with van der Waals surface area (Å²) in [6.07, 6.45) is 9.84. The van der Waals surface area contributed by atoms with Crippen molar-refractivity contribution in [2.24, 2.45) is 11.7 Å². The third-order valence-corrected chi connectivity index (χ3v) is 4.65. The molecule has 0 radical (unpaired) electrons. The number of rotatable bonds is 3. The summed E-state index contributed by atoms with van der Waals surface area (Å²) in [5, 5.41) is 0. The molecule has 2 heterocycles. The number of hydrogen-bond donors (Lipinski definition) is 1. The molecule has 1 saturated carbocycles. The van der Waals surface area contributed by atoms with Gasteiger partial charge >= 0.3 is 0 Å². The van der Waals surface area contributed by atoms with Crippen molar-refractivity contribution in [1.29, 1.82) is 0 Å². The number of fused-ring (bicyclic) bond motifs is 1. The predicted molar refractivity (Wildman–Crippen MR) is 79.3 cm³/mol. The number of aromatic nitrogens is 1. The Bertz CT molecular complexity index is 413. The van der Waals surface area contributed by atoms with E-state index in [0.29, 0.717) is 0 Å². The molecule has 104 valence electrons. The van der Waals surface area contributed by atoms with Crippen molar-refractivity contribution >= 4 is 5.82 Å². The van der Waals surface area contributed by atoms with Crippen LogP contribution in [0.25, 0.3) is 0 Å². The van der Waals surface area contributed by atoms with E-state index in [0.717, 1.165) is 18.4 Å². The lowest BCUT2D eigenvalue weighted by Gasteiger charge is -2.38. The molecule has 1 saturated heterocycles. The Balaban J connectivity index is 1.74. The Hall–Kier alpha value is -1.09. The van der Waals surface area contributed by atoms with E-state index >= 15 is 0 Å². The fourth-order valence-corrected chi connectivity index (χ4v) is 3.82. The number of piperidine rings is 1. The normalized spacial score (nSPS) is 28.2. The van der Waals surface area contributed by atoms with Crippen molar-refractivity contribution in [3.63, 3.8) is 0 Å². The molecule has 1 aliphatic carbocycles. The first-order chi connectivity index (χ1) is 9.24. The molecular formula is C16H25N3.